The molecule has 1 atom stereocenters. The largest absolute Gasteiger partial charge is 0.486 e. The molecule has 0 fully saturated rings. The number of nitrogens with zero attached hydrogens (tertiary/aromatic N) is 1. The Labute approximate surface area is 178 Å². The van der Waals surface area contributed by atoms with Crippen molar-refractivity contribution in [3.8, 4) is 5.75 Å². The Kier molecular flexibility index (Phi) is 7.86. The molecule has 2 aromatic rings. The molecule has 162 valence electrons. The molecule has 2 rings (SSSR count). The van der Waals surface area contributed by atoms with Crippen LogP contribution in [-0.4, -0.2) is 43.3 Å². The first-order valence-electron chi connectivity index (χ1n) is 9.95. The summed E-state index contributed by atoms with van der Waals surface area (Å²) in [5.41, 5.74) is 1.76. The van der Waals surface area contributed by atoms with Crippen molar-refractivity contribution in [2.24, 2.45) is 0 Å². The first-order chi connectivity index (χ1) is 14.1. The van der Waals surface area contributed by atoms with Gasteiger partial charge in [-0.1, -0.05) is 30.3 Å². The van der Waals surface area contributed by atoms with Crippen molar-refractivity contribution in [1.82, 2.24) is 4.90 Å². The maximum Gasteiger partial charge on any atom is 0.410 e. The fourth-order valence-electron chi connectivity index (χ4n) is 2.92. The van der Waals surface area contributed by atoms with Crippen LogP contribution < -0.4 is 4.74 Å². The van der Waals surface area contributed by atoms with Crippen LogP contribution in [0.5, 0.6) is 5.75 Å². The minimum absolute atomic E-state index is 0.302. The van der Waals surface area contributed by atoms with Gasteiger partial charge in [-0.05, 0) is 57.0 Å². The highest BCUT2D eigenvalue weighted by Gasteiger charge is 2.22. The molecule has 0 heterocycles. The van der Waals surface area contributed by atoms with E-state index in [2.05, 4.69) is 0 Å². The Morgan fingerprint density at radius 2 is 1.73 bits per heavy atom. The predicted octanol–water partition coefficient (Wildman–Crippen LogP) is 5.16. The minimum atomic E-state index is -0.549. The molecule has 0 aromatic heterocycles. The zero-order chi connectivity index (χ0) is 22.3. The van der Waals surface area contributed by atoms with Crippen molar-refractivity contribution in [1.29, 1.82) is 0 Å². The van der Waals surface area contributed by atoms with Gasteiger partial charge in [-0.25, -0.2) is 9.59 Å². The van der Waals surface area contributed by atoms with Gasteiger partial charge in [0.2, 0.25) is 0 Å². The second kappa shape index (κ2) is 10.1. The summed E-state index contributed by atoms with van der Waals surface area (Å²) in [7, 11) is 3.06. The average Bonchev–Trinajstić information content (AvgIpc) is 2.69. The molecule has 0 N–H and O–H groups in total. The Morgan fingerprint density at radius 1 is 1.07 bits per heavy atom. The number of aryl methyl sites for hydroxylation is 1. The summed E-state index contributed by atoms with van der Waals surface area (Å²) in [5.74, 6) is 0.161. The molecule has 0 saturated heterocycles. The van der Waals surface area contributed by atoms with Crippen molar-refractivity contribution in [2.45, 2.75) is 45.8 Å². The van der Waals surface area contributed by atoms with Crippen molar-refractivity contribution in [2.75, 3.05) is 20.7 Å². The Morgan fingerprint density at radius 3 is 2.33 bits per heavy atom. The monoisotopic (exact) mass is 413 g/mol. The van der Waals surface area contributed by atoms with Gasteiger partial charge in [0.15, 0.2) is 0 Å². The van der Waals surface area contributed by atoms with Crippen LogP contribution in [0, 0.1) is 6.92 Å². The third-order valence-corrected chi connectivity index (χ3v) is 4.35. The number of hydrogen-bond donors (Lipinski definition) is 0. The van der Waals surface area contributed by atoms with Gasteiger partial charge in [0, 0.05) is 20.0 Å². The topological polar surface area (TPSA) is 65.1 Å². The highest BCUT2D eigenvalue weighted by molar-refractivity contribution is 5.90. The Bertz CT molecular complexity index is 858. The fraction of sp³-hybridized carbons (Fsp3) is 0.417. The predicted molar refractivity (Wildman–Crippen MR) is 116 cm³/mol. The van der Waals surface area contributed by atoms with E-state index < -0.39 is 11.6 Å². The van der Waals surface area contributed by atoms with Crippen LogP contribution in [0.3, 0.4) is 0 Å². The van der Waals surface area contributed by atoms with Crippen LogP contribution in [0.1, 0.15) is 54.8 Å². The van der Waals surface area contributed by atoms with Crippen LogP contribution in [0.25, 0.3) is 0 Å². The smallest absolute Gasteiger partial charge is 0.410 e. The van der Waals surface area contributed by atoms with E-state index in [-0.39, 0.29) is 12.2 Å². The molecule has 0 radical (unpaired) electrons. The molecular formula is C24H31NO5. The maximum absolute atomic E-state index is 12.3. The van der Waals surface area contributed by atoms with Gasteiger partial charge in [0.1, 0.15) is 17.5 Å². The average molecular weight is 414 g/mol. The lowest BCUT2D eigenvalue weighted by molar-refractivity contribution is 0.0278. The van der Waals surface area contributed by atoms with Gasteiger partial charge in [0.25, 0.3) is 0 Å². The van der Waals surface area contributed by atoms with Crippen LogP contribution >= 0.6 is 0 Å². The van der Waals surface area contributed by atoms with Gasteiger partial charge in [-0.15, -0.1) is 0 Å². The number of amides is 1. The van der Waals surface area contributed by atoms with Crippen molar-refractivity contribution in [3.05, 3.63) is 65.2 Å². The Hall–Kier alpha value is -3.02. The van der Waals surface area contributed by atoms with E-state index in [0.29, 0.717) is 24.3 Å². The molecule has 0 saturated carbocycles. The molecule has 0 bridgehead atoms. The third-order valence-electron chi connectivity index (χ3n) is 4.35. The van der Waals surface area contributed by atoms with Crippen LogP contribution in [0.2, 0.25) is 0 Å². The highest BCUT2D eigenvalue weighted by atomic mass is 16.6. The molecule has 0 aliphatic heterocycles. The highest BCUT2D eigenvalue weighted by Crippen LogP contribution is 2.27. The number of carbonyl (C=O) groups excluding carboxylic acids is 2. The fourth-order valence-corrected chi connectivity index (χ4v) is 2.92. The van der Waals surface area contributed by atoms with Crippen LogP contribution in [0.15, 0.2) is 48.5 Å². The zero-order valence-corrected chi connectivity index (χ0v) is 18.6. The van der Waals surface area contributed by atoms with E-state index in [9.17, 15) is 9.59 Å². The van der Waals surface area contributed by atoms with Gasteiger partial charge < -0.3 is 19.1 Å². The number of hydrogen-bond acceptors (Lipinski definition) is 5. The molecule has 0 spiro atoms. The number of carbonyl (C=O) groups is 2. The first-order valence-corrected chi connectivity index (χ1v) is 9.95. The third kappa shape index (κ3) is 7.10. The van der Waals surface area contributed by atoms with Gasteiger partial charge in [-0.2, -0.15) is 0 Å². The second-order valence-electron chi connectivity index (χ2n) is 8.23. The molecule has 0 aliphatic rings. The number of esters is 1. The molecule has 2 aromatic carbocycles. The minimum Gasteiger partial charge on any atom is -0.486 e. The molecule has 1 amide bonds. The second-order valence-corrected chi connectivity index (χ2v) is 8.23. The van der Waals surface area contributed by atoms with Crippen molar-refractivity contribution < 1.29 is 23.8 Å². The quantitative estimate of drug-likeness (QED) is 0.587. The number of benzene rings is 2. The molecule has 6 heteroatoms. The summed E-state index contributed by atoms with van der Waals surface area (Å²) in [6, 6.07) is 15.1. The summed E-state index contributed by atoms with van der Waals surface area (Å²) in [4.78, 5) is 25.8. The number of ether oxygens (including phenoxy) is 3. The molecule has 0 aliphatic carbocycles. The summed E-state index contributed by atoms with van der Waals surface area (Å²) in [6.45, 7) is 7.86. The summed E-state index contributed by atoms with van der Waals surface area (Å²) in [6.07, 6.45) is -0.123. The number of rotatable bonds is 7. The lowest BCUT2D eigenvalue weighted by Gasteiger charge is -2.26. The van der Waals surface area contributed by atoms with E-state index in [0.717, 1.165) is 11.1 Å². The SMILES string of the molecule is COC(=O)c1cc(C)cc(OC(CCN(C)C(=O)OC(C)(C)C)c2ccccc2)c1. The van der Waals surface area contributed by atoms with E-state index >= 15 is 0 Å². The van der Waals surface area contributed by atoms with Crippen molar-refractivity contribution >= 4 is 12.1 Å². The summed E-state index contributed by atoms with van der Waals surface area (Å²) < 4.78 is 16.5. The molecule has 1 unspecified atom stereocenters. The number of methoxy groups -OCH3 is 1. The van der Waals surface area contributed by atoms with E-state index in [1.807, 2.05) is 64.1 Å². The summed E-state index contributed by atoms with van der Waals surface area (Å²) >= 11 is 0. The normalized spacial score (nSPS) is 12.1. The summed E-state index contributed by atoms with van der Waals surface area (Å²) in [5, 5.41) is 0. The van der Waals surface area contributed by atoms with Crippen LogP contribution in [0.4, 0.5) is 4.79 Å². The lowest BCUT2D eigenvalue weighted by atomic mass is 10.1. The van der Waals surface area contributed by atoms with Crippen molar-refractivity contribution in [3.63, 3.8) is 0 Å². The zero-order valence-electron chi connectivity index (χ0n) is 18.6. The Balaban J connectivity index is 2.18. The molecule has 6 nitrogen and oxygen atoms in total. The van der Waals surface area contributed by atoms with Crippen LogP contribution in [-0.2, 0) is 9.47 Å². The lowest BCUT2D eigenvalue weighted by Crippen LogP contribution is -2.35. The van der Waals surface area contributed by atoms with Gasteiger partial charge in [0.05, 0.1) is 12.7 Å². The first kappa shape index (κ1) is 23.3. The molecule has 30 heavy (non-hydrogen) atoms. The van der Waals surface area contributed by atoms with E-state index in [4.69, 9.17) is 14.2 Å². The van der Waals surface area contributed by atoms with E-state index in [1.54, 1.807) is 24.1 Å². The molecular weight excluding hydrogens is 382 g/mol. The van der Waals surface area contributed by atoms with E-state index in [1.165, 1.54) is 7.11 Å². The van der Waals surface area contributed by atoms with Gasteiger partial charge in [-0.3, -0.25) is 0 Å². The maximum atomic E-state index is 12.3. The standard InChI is InChI=1S/C24H31NO5/c1-17-14-19(22(26)28-6)16-20(15-17)29-21(18-10-8-7-9-11-18)12-13-25(5)23(27)30-24(2,3)4/h7-11,14-16,21H,12-13H2,1-6H3. The van der Waals surface area contributed by atoms with Gasteiger partial charge >= 0.3 is 12.1 Å².